The van der Waals surface area contributed by atoms with E-state index in [-0.39, 0.29) is 5.54 Å². The Morgan fingerprint density at radius 2 is 1.92 bits per heavy atom. The smallest absolute Gasteiger partial charge is 0.161 e. The quantitative estimate of drug-likeness (QED) is 0.753. The lowest BCUT2D eigenvalue weighted by Gasteiger charge is -2.26. The zero-order valence-corrected chi connectivity index (χ0v) is 14.4. The van der Waals surface area contributed by atoms with Crippen LogP contribution in [0.5, 0.6) is 5.75 Å². The first-order valence-electron chi connectivity index (χ1n) is 8.25. The standard InChI is InChI=1S/C19H24N4O/c1-14(2)12-19(3,20)13-24-16-6-4-15(5-7-16)17-8-9-22-23-11-10-21-18(17)23/h4-11,14H,12-13,20H2,1-3H3. The Labute approximate surface area is 142 Å². The number of ether oxygens (including phenoxy) is 1. The molecule has 0 aliphatic heterocycles. The largest absolute Gasteiger partial charge is 0.492 e. The fourth-order valence-electron chi connectivity index (χ4n) is 3.03. The summed E-state index contributed by atoms with van der Waals surface area (Å²) in [5, 5.41) is 4.24. The lowest BCUT2D eigenvalue weighted by atomic mass is 9.93. The van der Waals surface area contributed by atoms with Crippen LogP contribution in [-0.2, 0) is 0 Å². The van der Waals surface area contributed by atoms with E-state index in [1.165, 1.54) is 0 Å². The van der Waals surface area contributed by atoms with Gasteiger partial charge in [0.05, 0.1) is 0 Å². The molecule has 126 valence electrons. The summed E-state index contributed by atoms with van der Waals surface area (Å²) in [6, 6.07) is 9.99. The zero-order chi connectivity index (χ0) is 17.2. The molecule has 1 aromatic carbocycles. The van der Waals surface area contributed by atoms with Gasteiger partial charge in [-0.3, -0.25) is 0 Å². The first-order chi connectivity index (χ1) is 11.4. The summed E-state index contributed by atoms with van der Waals surface area (Å²) in [7, 11) is 0. The van der Waals surface area contributed by atoms with Crippen molar-refractivity contribution < 1.29 is 4.74 Å². The van der Waals surface area contributed by atoms with E-state index in [1.54, 1.807) is 16.9 Å². The maximum atomic E-state index is 6.29. The lowest BCUT2D eigenvalue weighted by Crippen LogP contribution is -2.43. The number of benzene rings is 1. The van der Waals surface area contributed by atoms with E-state index in [0.717, 1.165) is 28.9 Å². The average Bonchev–Trinajstić information content (AvgIpc) is 3.01. The van der Waals surface area contributed by atoms with Gasteiger partial charge in [-0.2, -0.15) is 5.10 Å². The molecule has 0 fully saturated rings. The molecule has 0 aliphatic carbocycles. The number of nitrogens with two attached hydrogens (primary N) is 1. The van der Waals surface area contributed by atoms with Gasteiger partial charge in [0, 0.05) is 29.7 Å². The summed E-state index contributed by atoms with van der Waals surface area (Å²) < 4.78 is 7.65. The average molecular weight is 324 g/mol. The van der Waals surface area contributed by atoms with Gasteiger partial charge in [0.1, 0.15) is 12.4 Å². The van der Waals surface area contributed by atoms with Crippen LogP contribution in [0.1, 0.15) is 27.2 Å². The van der Waals surface area contributed by atoms with Crippen LogP contribution in [0.2, 0.25) is 0 Å². The van der Waals surface area contributed by atoms with E-state index in [9.17, 15) is 0 Å². The van der Waals surface area contributed by atoms with Gasteiger partial charge in [0.2, 0.25) is 0 Å². The number of fused-ring (bicyclic) bond motifs is 1. The third-order valence-corrected chi connectivity index (χ3v) is 3.90. The van der Waals surface area contributed by atoms with Gasteiger partial charge in [-0.15, -0.1) is 0 Å². The molecule has 0 spiro atoms. The van der Waals surface area contributed by atoms with Crippen molar-refractivity contribution in [3.8, 4) is 16.9 Å². The van der Waals surface area contributed by atoms with E-state index < -0.39 is 0 Å². The molecule has 0 bridgehead atoms. The van der Waals surface area contributed by atoms with E-state index in [1.807, 2.05) is 43.5 Å². The molecule has 2 N–H and O–H groups in total. The maximum Gasteiger partial charge on any atom is 0.161 e. The van der Waals surface area contributed by atoms with Crippen molar-refractivity contribution in [3.63, 3.8) is 0 Å². The molecule has 2 aromatic heterocycles. The summed E-state index contributed by atoms with van der Waals surface area (Å²) in [4.78, 5) is 4.37. The van der Waals surface area contributed by atoms with E-state index in [2.05, 4.69) is 23.9 Å². The minimum absolute atomic E-state index is 0.319. The number of nitrogens with zero attached hydrogens (tertiary/aromatic N) is 3. The molecule has 1 atom stereocenters. The Morgan fingerprint density at radius 1 is 1.17 bits per heavy atom. The fraction of sp³-hybridized carbons (Fsp3) is 0.368. The van der Waals surface area contributed by atoms with Crippen LogP contribution in [-0.4, -0.2) is 26.7 Å². The van der Waals surface area contributed by atoms with Crippen molar-refractivity contribution in [2.24, 2.45) is 11.7 Å². The molecule has 0 radical (unpaired) electrons. The second kappa shape index (κ2) is 6.61. The first kappa shape index (κ1) is 16.5. The number of aromatic nitrogens is 3. The monoisotopic (exact) mass is 324 g/mol. The predicted molar refractivity (Wildman–Crippen MR) is 96.0 cm³/mol. The van der Waals surface area contributed by atoms with Crippen molar-refractivity contribution >= 4 is 5.65 Å². The molecule has 3 aromatic rings. The van der Waals surface area contributed by atoms with Crippen molar-refractivity contribution in [1.82, 2.24) is 14.6 Å². The van der Waals surface area contributed by atoms with Crippen molar-refractivity contribution in [2.75, 3.05) is 6.61 Å². The predicted octanol–water partition coefficient (Wildman–Crippen LogP) is 3.54. The van der Waals surface area contributed by atoms with Crippen LogP contribution in [0.25, 0.3) is 16.8 Å². The van der Waals surface area contributed by atoms with Gasteiger partial charge in [0.15, 0.2) is 5.65 Å². The van der Waals surface area contributed by atoms with Crippen LogP contribution in [0.3, 0.4) is 0 Å². The Morgan fingerprint density at radius 3 is 2.62 bits per heavy atom. The van der Waals surface area contributed by atoms with Gasteiger partial charge < -0.3 is 10.5 Å². The third-order valence-electron chi connectivity index (χ3n) is 3.90. The Kier molecular flexibility index (Phi) is 4.53. The maximum absolute atomic E-state index is 6.29. The topological polar surface area (TPSA) is 65.4 Å². The van der Waals surface area contributed by atoms with Gasteiger partial charge in [0.25, 0.3) is 0 Å². The Bertz CT molecular complexity index is 806. The minimum Gasteiger partial charge on any atom is -0.492 e. The van der Waals surface area contributed by atoms with Crippen LogP contribution < -0.4 is 10.5 Å². The third kappa shape index (κ3) is 3.74. The number of rotatable bonds is 6. The molecule has 24 heavy (non-hydrogen) atoms. The van der Waals surface area contributed by atoms with Crippen molar-refractivity contribution in [1.29, 1.82) is 0 Å². The highest BCUT2D eigenvalue weighted by Gasteiger charge is 2.21. The first-order valence-corrected chi connectivity index (χ1v) is 8.25. The number of hydrogen-bond donors (Lipinski definition) is 1. The van der Waals surface area contributed by atoms with Gasteiger partial charge in [-0.25, -0.2) is 9.50 Å². The Hall–Kier alpha value is -2.40. The van der Waals surface area contributed by atoms with Crippen LogP contribution in [0, 0.1) is 5.92 Å². The highest BCUT2D eigenvalue weighted by molar-refractivity contribution is 5.77. The molecular weight excluding hydrogens is 300 g/mol. The molecule has 1 unspecified atom stereocenters. The second-order valence-corrected chi connectivity index (χ2v) is 7.01. The summed E-state index contributed by atoms with van der Waals surface area (Å²) in [6.45, 7) is 6.88. The van der Waals surface area contributed by atoms with Gasteiger partial charge >= 0.3 is 0 Å². The minimum atomic E-state index is -0.319. The van der Waals surface area contributed by atoms with Gasteiger partial charge in [-0.05, 0) is 43.0 Å². The summed E-state index contributed by atoms with van der Waals surface area (Å²) in [6.07, 6.45) is 6.30. The molecule has 5 heteroatoms. The van der Waals surface area contributed by atoms with Crippen LogP contribution in [0.15, 0.2) is 48.9 Å². The molecule has 2 heterocycles. The van der Waals surface area contributed by atoms with Crippen molar-refractivity contribution in [2.45, 2.75) is 32.7 Å². The number of hydrogen-bond acceptors (Lipinski definition) is 4. The highest BCUT2D eigenvalue weighted by Crippen LogP contribution is 2.25. The molecule has 0 saturated carbocycles. The Balaban J connectivity index is 1.73. The lowest BCUT2D eigenvalue weighted by molar-refractivity contribution is 0.207. The zero-order valence-electron chi connectivity index (χ0n) is 14.4. The normalized spacial score (nSPS) is 14.0. The molecular formula is C19H24N4O. The summed E-state index contributed by atoms with van der Waals surface area (Å²) >= 11 is 0. The van der Waals surface area contributed by atoms with E-state index in [4.69, 9.17) is 10.5 Å². The van der Waals surface area contributed by atoms with E-state index >= 15 is 0 Å². The molecule has 3 rings (SSSR count). The van der Waals surface area contributed by atoms with Gasteiger partial charge in [-0.1, -0.05) is 26.0 Å². The van der Waals surface area contributed by atoms with Crippen LogP contribution >= 0.6 is 0 Å². The fourth-order valence-corrected chi connectivity index (χ4v) is 3.03. The molecule has 5 nitrogen and oxygen atoms in total. The SMILES string of the molecule is CC(C)CC(C)(N)COc1ccc(-c2ccnn3ccnc23)cc1. The molecule has 0 saturated heterocycles. The number of imidazole rings is 1. The van der Waals surface area contributed by atoms with E-state index in [0.29, 0.717) is 12.5 Å². The summed E-state index contributed by atoms with van der Waals surface area (Å²) in [5.74, 6) is 1.38. The molecule has 0 amide bonds. The summed E-state index contributed by atoms with van der Waals surface area (Å²) in [5.41, 5.74) is 8.95. The highest BCUT2D eigenvalue weighted by atomic mass is 16.5. The van der Waals surface area contributed by atoms with Crippen LogP contribution in [0.4, 0.5) is 0 Å². The second-order valence-electron chi connectivity index (χ2n) is 7.01. The van der Waals surface area contributed by atoms with Crippen molar-refractivity contribution in [3.05, 3.63) is 48.9 Å². The molecule has 0 aliphatic rings.